The molecule has 4 unspecified atom stereocenters. The van der Waals surface area contributed by atoms with Crippen LogP contribution in [0.4, 0.5) is 20.4 Å². The van der Waals surface area contributed by atoms with Gasteiger partial charge in [-0.25, -0.2) is 38.7 Å². The summed E-state index contributed by atoms with van der Waals surface area (Å²) in [5, 5.41) is 25.4. The fraction of sp³-hybridized carbons (Fsp3) is 0.500. The standard InChI is InChI=1S/C24H30F2N10O9P2S/c25-13-17(44-46(39)40)11(5-37)42-23(13)35-9-33-15-19(29-7-31-21(15)35)27-3-1-2-4-28-20-16-22(32-8-30-20)36(10-34-16)24-14(26)18(45-47(41)48)12(6-38)43-24/h1-2,7-14,17-18,23-24,37-38,46-47H,3-6H2,(H,39,40)(H,41,48)(H,27,29,31)(H,28,30,32)/b2-1+/t11?,12-,13-,14-,17-,18-,23?,24-/m1/s1. The number of fused-ring (bicyclic) bond motifs is 2. The number of aliphatic hydroxyl groups excluding tert-OH is 2. The van der Waals surface area contributed by atoms with Crippen molar-refractivity contribution in [2.75, 3.05) is 36.9 Å². The lowest BCUT2D eigenvalue weighted by Gasteiger charge is -2.17. The number of imidazole rings is 2. The molecule has 260 valence electrons. The van der Waals surface area contributed by atoms with Crippen molar-refractivity contribution in [1.29, 1.82) is 0 Å². The minimum absolute atomic E-state index is 0.225. The van der Waals surface area contributed by atoms with Crippen LogP contribution in [0.15, 0.2) is 37.5 Å². The molecule has 0 amide bonds. The Morgan fingerprint density at radius 1 is 0.812 bits per heavy atom. The van der Waals surface area contributed by atoms with Gasteiger partial charge in [0.2, 0.25) is 0 Å². The van der Waals surface area contributed by atoms with Gasteiger partial charge >= 0.3 is 8.25 Å². The van der Waals surface area contributed by atoms with Crippen molar-refractivity contribution in [1.82, 2.24) is 39.0 Å². The second-order valence-electron chi connectivity index (χ2n) is 10.4. The van der Waals surface area contributed by atoms with Gasteiger partial charge in [0, 0.05) is 13.1 Å². The quantitative estimate of drug-likeness (QED) is 0.0746. The molecule has 4 aromatic heterocycles. The Morgan fingerprint density at radius 2 is 1.27 bits per heavy atom. The first-order valence-electron chi connectivity index (χ1n) is 14.3. The van der Waals surface area contributed by atoms with E-state index in [2.05, 4.69) is 52.3 Å². The third-order valence-electron chi connectivity index (χ3n) is 7.57. The van der Waals surface area contributed by atoms with Gasteiger partial charge in [0.05, 0.1) is 25.9 Å². The molecule has 24 heteroatoms. The molecule has 6 rings (SSSR count). The van der Waals surface area contributed by atoms with Crippen LogP contribution in [0.1, 0.15) is 12.5 Å². The second-order valence-corrected chi connectivity index (χ2v) is 13.0. The van der Waals surface area contributed by atoms with Crippen molar-refractivity contribution in [3.8, 4) is 0 Å². The van der Waals surface area contributed by atoms with E-state index in [0.29, 0.717) is 35.8 Å². The van der Waals surface area contributed by atoms with Gasteiger partial charge in [-0.2, -0.15) is 0 Å². The Bertz CT molecular complexity index is 1700. The van der Waals surface area contributed by atoms with E-state index in [9.17, 15) is 19.7 Å². The zero-order valence-corrected chi connectivity index (χ0v) is 27.3. The maximum Gasteiger partial charge on any atom is 0.317 e. The molecule has 10 atom stereocenters. The molecular weight excluding hydrogens is 704 g/mol. The monoisotopic (exact) mass is 734 g/mol. The lowest BCUT2D eigenvalue weighted by Crippen LogP contribution is -2.32. The number of nitrogens with zero attached hydrogens (tertiary/aromatic N) is 8. The molecule has 0 spiro atoms. The number of anilines is 2. The van der Waals surface area contributed by atoms with Gasteiger partial charge in [0.15, 0.2) is 65.9 Å². The lowest BCUT2D eigenvalue weighted by atomic mass is 10.1. The highest BCUT2D eigenvalue weighted by atomic mass is 32.4. The Balaban J connectivity index is 1.07. The van der Waals surface area contributed by atoms with Gasteiger partial charge in [-0.1, -0.05) is 12.2 Å². The van der Waals surface area contributed by atoms with Crippen LogP contribution in [0.25, 0.3) is 22.3 Å². The molecule has 2 fully saturated rings. The number of rotatable bonds is 14. The Hall–Kier alpha value is -3.14. The summed E-state index contributed by atoms with van der Waals surface area (Å²) in [7, 11) is -6.14. The predicted octanol–water partition coefficient (Wildman–Crippen LogP) is 0.153. The minimum Gasteiger partial charge on any atom is -0.394 e. The SMILES string of the molecule is O=[PH](O)O[C@@H]1C(CO)OC(n2cnc3c(NC/C=C/CNc4ncnc5c4ncn5[C@@H]4O[C@H](CO)[C@@H](O[PH](O)=S)[C@H]4F)ncnc32)[C@@H]1F. The summed E-state index contributed by atoms with van der Waals surface area (Å²) in [6.45, 7) is -0.546. The van der Waals surface area contributed by atoms with Crippen molar-refractivity contribution in [3.05, 3.63) is 37.5 Å². The smallest absolute Gasteiger partial charge is 0.317 e. The third kappa shape index (κ3) is 6.96. The fourth-order valence-corrected chi connectivity index (χ4v) is 6.82. The number of nitrogens with one attached hydrogen (secondary N) is 2. The van der Waals surface area contributed by atoms with E-state index < -0.39 is 77.8 Å². The first-order chi connectivity index (χ1) is 23.2. The van der Waals surface area contributed by atoms with Crippen molar-refractivity contribution in [2.24, 2.45) is 0 Å². The van der Waals surface area contributed by atoms with Crippen LogP contribution in [0.2, 0.25) is 0 Å². The summed E-state index contributed by atoms with van der Waals surface area (Å²) in [4.78, 5) is 44.0. The van der Waals surface area contributed by atoms with E-state index in [1.807, 2.05) is 0 Å². The summed E-state index contributed by atoms with van der Waals surface area (Å²) in [6.07, 6.45) is -2.35. The lowest BCUT2D eigenvalue weighted by molar-refractivity contribution is -0.0436. The van der Waals surface area contributed by atoms with E-state index in [0.717, 1.165) is 0 Å². The first kappa shape index (κ1) is 34.7. The maximum atomic E-state index is 15.3. The van der Waals surface area contributed by atoms with Crippen LogP contribution in [-0.4, -0.2) is 122 Å². The number of aromatic nitrogens is 8. The molecule has 0 bridgehead atoms. The molecule has 6 heterocycles. The maximum absolute atomic E-state index is 15.3. The average molecular weight is 735 g/mol. The van der Waals surface area contributed by atoms with E-state index in [1.165, 1.54) is 34.4 Å². The van der Waals surface area contributed by atoms with E-state index in [-0.39, 0.29) is 11.3 Å². The normalized spacial score (nSPS) is 28.9. The molecule has 0 radical (unpaired) electrons. The van der Waals surface area contributed by atoms with Crippen LogP contribution in [0.3, 0.4) is 0 Å². The molecule has 0 aliphatic carbocycles. The van der Waals surface area contributed by atoms with Crippen molar-refractivity contribution >= 4 is 61.2 Å². The summed E-state index contributed by atoms with van der Waals surface area (Å²) < 4.78 is 65.3. The van der Waals surface area contributed by atoms with E-state index >= 15 is 8.78 Å². The Kier molecular flexibility index (Phi) is 11.0. The highest BCUT2D eigenvalue weighted by Crippen LogP contribution is 2.40. The van der Waals surface area contributed by atoms with Crippen LogP contribution < -0.4 is 10.6 Å². The second kappa shape index (κ2) is 15.2. The van der Waals surface area contributed by atoms with Crippen LogP contribution in [0.5, 0.6) is 0 Å². The molecule has 19 nitrogen and oxygen atoms in total. The number of hydrogen-bond acceptors (Lipinski definition) is 16. The van der Waals surface area contributed by atoms with Crippen molar-refractivity contribution < 1.29 is 51.9 Å². The predicted molar refractivity (Wildman–Crippen MR) is 167 cm³/mol. The molecule has 2 aliphatic heterocycles. The molecule has 4 aromatic rings. The van der Waals surface area contributed by atoms with Gasteiger partial charge in [-0.15, -0.1) is 0 Å². The van der Waals surface area contributed by atoms with Crippen LogP contribution in [-0.2, 0) is 34.9 Å². The number of halogens is 2. The molecule has 2 aliphatic rings. The topological polar surface area (TPSA) is 246 Å². The van der Waals surface area contributed by atoms with Gasteiger partial charge in [-0.05, 0) is 11.8 Å². The molecule has 0 aromatic carbocycles. The number of aliphatic hydroxyl groups is 2. The molecular formula is C24H30F2N10O9P2S. The minimum atomic E-state index is -3.49. The third-order valence-corrected chi connectivity index (χ3v) is 8.81. The number of ether oxygens (including phenoxy) is 2. The fourth-order valence-electron chi connectivity index (χ4n) is 5.46. The highest BCUT2D eigenvalue weighted by molar-refractivity contribution is 8.00. The van der Waals surface area contributed by atoms with E-state index in [4.69, 9.17) is 23.4 Å². The Labute approximate surface area is 275 Å². The van der Waals surface area contributed by atoms with Crippen LogP contribution in [0, 0.1) is 0 Å². The molecule has 2 saturated heterocycles. The Morgan fingerprint density at radius 3 is 1.69 bits per heavy atom. The highest BCUT2D eigenvalue weighted by Gasteiger charge is 2.49. The molecule has 48 heavy (non-hydrogen) atoms. The van der Waals surface area contributed by atoms with Crippen molar-refractivity contribution in [2.45, 2.75) is 49.2 Å². The van der Waals surface area contributed by atoms with Gasteiger partial charge < -0.3 is 49.2 Å². The molecule has 0 saturated carbocycles. The zero-order chi connectivity index (χ0) is 33.9. The largest absolute Gasteiger partial charge is 0.394 e. The van der Waals surface area contributed by atoms with Gasteiger partial charge in [0.1, 0.15) is 37.1 Å². The average Bonchev–Trinajstić information content (AvgIpc) is 3.83. The summed E-state index contributed by atoms with van der Waals surface area (Å²) in [5.41, 5.74) is 1.15. The zero-order valence-electron chi connectivity index (χ0n) is 24.5. The van der Waals surface area contributed by atoms with Crippen LogP contribution >= 0.6 is 15.4 Å². The summed E-state index contributed by atoms with van der Waals surface area (Å²) >= 11 is 4.68. The summed E-state index contributed by atoms with van der Waals surface area (Å²) in [6, 6.07) is 0. The number of hydrogen-bond donors (Lipinski definition) is 6. The number of alkyl halides is 2. The first-order valence-corrected chi connectivity index (χ1v) is 18.0. The van der Waals surface area contributed by atoms with E-state index in [1.54, 1.807) is 12.2 Å². The van der Waals surface area contributed by atoms with Gasteiger partial charge in [0.25, 0.3) is 0 Å². The summed E-state index contributed by atoms with van der Waals surface area (Å²) in [5.74, 6) is 0.716. The molecule has 6 N–H and O–H groups in total. The van der Waals surface area contributed by atoms with Crippen molar-refractivity contribution in [3.63, 3.8) is 0 Å². The van der Waals surface area contributed by atoms with Gasteiger partial charge in [-0.3, -0.25) is 13.7 Å².